The second-order valence-electron chi connectivity index (χ2n) is 5.54. The highest BCUT2D eigenvalue weighted by molar-refractivity contribution is 6.05. The highest BCUT2D eigenvalue weighted by Crippen LogP contribution is 2.20. The van der Waals surface area contributed by atoms with Gasteiger partial charge in [-0.2, -0.15) is 0 Å². The van der Waals surface area contributed by atoms with E-state index in [9.17, 15) is 14.4 Å². The van der Waals surface area contributed by atoms with E-state index in [0.29, 0.717) is 13.0 Å². The number of hydrogen-bond donors (Lipinski definition) is 2. The molecule has 2 rings (SSSR count). The van der Waals surface area contributed by atoms with Crippen LogP contribution in [-0.4, -0.2) is 47.3 Å². The van der Waals surface area contributed by atoms with Crippen molar-refractivity contribution in [2.45, 2.75) is 64.1 Å². The van der Waals surface area contributed by atoms with Crippen molar-refractivity contribution in [3.63, 3.8) is 0 Å². The van der Waals surface area contributed by atoms with E-state index in [1.807, 2.05) is 13.8 Å². The predicted molar refractivity (Wildman–Crippen MR) is 73.8 cm³/mol. The number of likely N-dealkylation sites (tertiary alicyclic amines) is 1. The van der Waals surface area contributed by atoms with Crippen molar-refractivity contribution in [3.05, 3.63) is 0 Å². The average Bonchev–Trinajstić information content (AvgIpc) is 2.95. The molecule has 3 amide bonds. The number of amides is 3. The van der Waals surface area contributed by atoms with Crippen molar-refractivity contribution < 1.29 is 14.4 Å². The summed E-state index contributed by atoms with van der Waals surface area (Å²) < 4.78 is 0. The van der Waals surface area contributed by atoms with E-state index in [0.717, 1.165) is 19.3 Å². The van der Waals surface area contributed by atoms with Crippen LogP contribution in [0, 0.1) is 0 Å². The fourth-order valence-electron chi connectivity index (χ4n) is 2.96. The van der Waals surface area contributed by atoms with Gasteiger partial charge in [-0.25, -0.2) is 0 Å². The molecular formula is C14H23N3O3. The maximum Gasteiger partial charge on any atom is 0.247 e. The van der Waals surface area contributed by atoms with Crippen molar-refractivity contribution in [1.29, 1.82) is 0 Å². The van der Waals surface area contributed by atoms with Crippen LogP contribution in [0.25, 0.3) is 0 Å². The zero-order valence-electron chi connectivity index (χ0n) is 12.1. The third-order valence-corrected chi connectivity index (χ3v) is 4.19. The first-order chi connectivity index (χ1) is 9.56. The third-order valence-electron chi connectivity index (χ3n) is 4.19. The van der Waals surface area contributed by atoms with E-state index < -0.39 is 6.04 Å². The molecule has 0 aromatic rings. The summed E-state index contributed by atoms with van der Waals surface area (Å²) in [7, 11) is 0. The number of carbonyl (C=O) groups is 3. The molecule has 112 valence electrons. The summed E-state index contributed by atoms with van der Waals surface area (Å²) in [5.41, 5.74) is 0. The Morgan fingerprint density at radius 2 is 2.00 bits per heavy atom. The summed E-state index contributed by atoms with van der Waals surface area (Å²) in [6.07, 6.45) is 3.15. The topological polar surface area (TPSA) is 78.5 Å². The molecule has 2 saturated heterocycles. The Kier molecular flexibility index (Phi) is 4.75. The van der Waals surface area contributed by atoms with Gasteiger partial charge in [0.25, 0.3) is 0 Å². The second-order valence-corrected chi connectivity index (χ2v) is 5.54. The lowest BCUT2D eigenvalue weighted by Crippen LogP contribution is -2.46. The first-order valence-corrected chi connectivity index (χ1v) is 7.45. The van der Waals surface area contributed by atoms with Crippen LogP contribution in [0.4, 0.5) is 0 Å². The maximum absolute atomic E-state index is 12.3. The molecule has 2 unspecified atom stereocenters. The van der Waals surface area contributed by atoms with Gasteiger partial charge in [-0.1, -0.05) is 13.8 Å². The van der Waals surface area contributed by atoms with Gasteiger partial charge in [0.2, 0.25) is 17.7 Å². The smallest absolute Gasteiger partial charge is 0.247 e. The summed E-state index contributed by atoms with van der Waals surface area (Å²) >= 11 is 0. The molecule has 6 nitrogen and oxygen atoms in total. The van der Waals surface area contributed by atoms with E-state index in [1.165, 1.54) is 4.90 Å². The zero-order chi connectivity index (χ0) is 14.7. The van der Waals surface area contributed by atoms with Gasteiger partial charge in [-0.15, -0.1) is 0 Å². The van der Waals surface area contributed by atoms with Gasteiger partial charge in [-0.3, -0.25) is 19.3 Å². The number of hydrogen-bond acceptors (Lipinski definition) is 4. The monoisotopic (exact) mass is 281 g/mol. The Hall–Kier alpha value is -1.43. The van der Waals surface area contributed by atoms with Gasteiger partial charge < -0.3 is 10.6 Å². The van der Waals surface area contributed by atoms with Gasteiger partial charge in [0.1, 0.15) is 0 Å². The lowest BCUT2D eigenvalue weighted by molar-refractivity contribution is -0.141. The van der Waals surface area contributed by atoms with Crippen LogP contribution in [0.2, 0.25) is 0 Å². The molecule has 2 atom stereocenters. The normalized spacial score (nSPS) is 26.8. The van der Waals surface area contributed by atoms with Crippen molar-refractivity contribution in [2.24, 2.45) is 0 Å². The van der Waals surface area contributed by atoms with Crippen molar-refractivity contribution in [3.8, 4) is 0 Å². The average molecular weight is 281 g/mol. The summed E-state index contributed by atoms with van der Waals surface area (Å²) in [5, 5.41) is 5.98. The number of imide groups is 1. The van der Waals surface area contributed by atoms with E-state index in [-0.39, 0.29) is 36.2 Å². The Labute approximate surface area is 119 Å². The highest BCUT2D eigenvalue weighted by Gasteiger charge is 2.41. The number of nitrogens with one attached hydrogen (secondary N) is 2. The molecule has 20 heavy (non-hydrogen) atoms. The molecule has 2 aliphatic heterocycles. The number of rotatable bonds is 6. The minimum Gasteiger partial charge on any atom is -0.352 e. The fourth-order valence-corrected chi connectivity index (χ4v) is 2.96. The van der Waals surface area contributed by atoms with Crippen LogP contribution in [-0.2, 0) is 14.4 Å². The van der Waals surface area contributed by atoms with Crippen LogP contribution in [0.15, 0.2) is 0 Å². The molecule has 2 fully saturated rings. The SMILES string of the molecule is CCC(CC)N1C(=O)CC(NCC2CCC(=O)N2)C1=O. The quantitative estimate of drug-likeness (QED) is 0.680. The second kappa shape index (κ2) is 6.35. The van der Waals surface area contributed by atoms with E-state index in [1.54, 1.807) is 0 Å². The lowest BCUT2D eigenvalue weighted by atomic mass is 10.1. The summed E-state index contributed by atoms with van der Waals surface area (Å²) in [5.74, 6) is -0.144. The Morgan fingerprint density at radius 3 is 2.55 bits per heavy atom. The fraction of sp³-hybridized carbons (Fsp3) is 0.786. The molecule has 2 heterocycles. The van der Waals surface area contributed by atoms with Crippen molar-refractivity contribution >= 4 is 17.7 Å². The van der Waals surface area contributed by atoms with E-state index in [4.69, 9.17) is 0 Å². The first-order valence-electron chi connectivity index (χ1n) is 7.45. The molecule has 6 heteroatoms. The molecular weight excluding hydrogens is 258 g/mol. The minimum atomic E-state index is -0.430. The molecule has 2 aliphatic rings. The summed E-state index contributed by atoms with van der Waals surface area (Å²) in [6, 6.07) is -0.346. The summed E-state index contributed by atoms with van der Waals surface area (Å²) in [6.45, 7) is 4.53. The standard InChI is InChI=1S/C14H23N3O3/c1-3-10(4-2)17-13(19)7-11(14(17)20)15-8-9-5-6-12(18)16-9/h9-11,15H,3-8H2,1-2H3,(H,16,18). The Balaban J connectivity index is 1.89. The molecule has 2 N–H and O–H groups in total. The molecule has 0 bridgehead atoms. The van der Waals surface area contributed by atoms with Gasteiger partial charge in [0, 0.05) is 25.0 Å². The van der Waals surface area contributed by atoms with E-state index in [2.05, 4.69) is 10.6 Å². The molecule has 0 saturated carbocycles. The van der Waals surface area contributed by atoms with Gasteiger partial charge in [0.15, 0.2) is 0 Å². The number of carbonyl (C=O) groups excluding carboxylic acids is 3. The van der Waals surface area contributed by atoms with Crippen LogP contribution in [0.1, 0.15) is 46.0 Å². The third kappa shape index (κ3) is 3.00. The van der Waals surface area contributed by atoms with Crippen LogP contribution in [0.5, 0.6) is 0 Å². The highest BCUT2D eigenvalue weighted by atomic mass is 16.2. The maximum atomic E-state index is 12.3. The minimum absolute atomic E-state index is 0.00739. The van der Waals surface area contributed by atoms with Crippen molar-refractivity contribution in [1.82, 2.24) is 15.5 Å². The lowest BCUT2D eigenvalue weighted by Gasteiger charge is -2.24. The summed E-state index contributed by atoms with van der Waals surface area (Å²) in [4.78, 5) is 36.8. The van der Waals surface area contributed by atoms with E-state index >= 15 is 0 Å². The number of nitrogens with zero attached hydrogens (tertiary/aromatic N) is 1. The predicted octanol–water partition coefficient (Wildman–Crippen LogP) is 0.171. The van der Waals surface area contributed by atoms with Crippen molar-refractivity contribution in [2.75, 3.05) is 6.54 Å². The van der Waals surface area contributed by atoms with Crippen LogP contribution in [0.3, 0.4) is 0 Å². The van der Waals surface area contributed by atoms with Crippen LogP contribution < -0.4 is 10.6 Å². The Morgan fingerprint density at radius 1 is 1.30 bits per heavy atom. The molecule has 0 aromatic carbocycles. The Bertz CT molecular complexity index is 406. The largest absolute Gasteiger partial charge is 0.352 e. The molecule has 0 radical (unpaired) electrons. The van der Waals surface area contributed by atoms with Gasteiger partial charge in [-0.05, 0) is 19.3 Å². The molecule has 0 aliphatic carbocycles. The first kappa shape index (κ1) is 15.0. The molecule has 0 spiro atoms. The molecule has 0 aromatic heterocycles. The van der Waals surface area contributed by atoms with Crippen LogP contribution >= 0.6 is 0 Å². The zero-order valence-corrected chi connectivity index (χ0v) is 12.1. The van der Waals surface area contributed by atoms with Gasteiger partial charge in [0.05, 0.1) is 12.5 Å². The van der Waals surface area contributed by atoms with Gasteiger partial charge >= 0.3 is 0 Å².